The highest BCUT2D eigenvalue weighted by Crippen LogP contribution is 2.25. The van der Waals surface area contributed by atoms with Gasteiger partial charge in [0.05, 0.1) is 11.1 Å². The zero-order valence-electron chi connectivity index (χ0n) is 13.2. The van der Waals surface area contributed by atoms with Gasteiger partial charge in [0.15, 0.2) is 0 Å². The van der Waals surface area contributed by atoms with Gasteiger partial charge in [-0.1, -0.05) is 23.8 Å². The minimum atomic E-state index is -0.788. The first-order valence-electron chi connectivity index (χ1n) is 7.40. The maximum atomic E-state index is 13.8. The van der Waals surface area contributed by atoms with Crippen molar-refractivity contribution in [1.29, 1.82) is 0 Å². The minimum absolute atomic E-state index is 0.0145. The van der Waals surface area contributed by atoms with E-state index in [1.165, 1.54) is 12.1 Å². The topological polar surface area (TPSA) is 66.5 Å². The molecule has 0 fully saturated rings. The van der Waals surface area contributed by atoms with Gasteiger partial charge in [0.1, 0.15) is 12.4 Å². The van der Waals surface area contributed by atoms with E-state index in [9.17, 15) is 18.8 Å². The minimum Gasteiger partial charge on any atom is -0.324 e. The van der Waals surface area contributed by atoms with E-state index in [1.54, 1.807) is 6.07 Å². The van der Waals surface area contributed by atoms with Crippen molar-refractivity contribution in [3.8, 4) is 0 Å². The summed E-state index contributed by atoms with van der Waals surface area (Å²) in [5.74, 6) is -2.73. The van der Waals surface area contributed by atoms with Crippen LogP contribution in [0.15, 0.2) is 36.4 Å². The van der Waals surface area contributed by atoms with Gasteiger partial charge in [-0.15, -0.1) is 0 Å². The van der Waals surface area contributed by atoms with E-state index in [0.717, 1.165) is 22.1 Å². The molecule has 0 bridgehead atoms. The van der Waals surface area contributed by atoms with E-state index in [1.807, 2.05) is 26.0 Å². The second-order valence-corrected chi connectivity index (χ2v) is 5.73. The highest BCUT2D eigenvalue weighted by molar-refractivity contribution is 6.22. The van der Waals surface area contributed by atoms with Crippen LogP contribution in [0.4, 0.5) is 10.1 Å². The number of halogens is 1. The molecule has 5 nitrogen and oxygen atoms in total. The molecule has 0 atom stereocenters. The molecule has 1 heterocycles. The van der Waals surface area contributed by atoms with Gasteiger partial charge in [-0.2, -0.15) is 0 Å². The van der Waals surface area contributed by atoms with E-state index in [2.05, 4.69) is 5.32 Å². The number of carbonyl (C=O) groups excluding carboxylic acids is 3. The van der Waals surface area contributed by atoms with E-state index in [4.69, 9.17) is 0 Å². The summed E-state index contributed by atoms with van der Waals surface area (Å²) >= 11 is 0. The van der Waals surface area contributed by atoms with Gasteiger partial charge < -0.3 is 5.32 Å². The van der Waals surface area contributed by atoms with Crippen molar-refractivity contribution >= 4 is 23.4 Å². The van der Waals surface area contributed by atoms with Crippen LogP contribution in [-0.4, -0.2) is 29.2 Å². The van der Waals surface area contributed by atoms with Crippen LogP contribution in [0.5, 0.6) is 0 Å². The number of amides is 3. The molecular formula is C18H15FN2O3. The molecule has 0 radical (unpaired) electrons. The summed E-state index contributed by atoms with van der Waals surface area (Å²) in [5.41, 5.74) is 2.24. The van der Waals surface area contributed by atoms with Crippen molar-refractivity contribution in [2.75, 3.05) is 11.9 Å². The maximum absolute atomic E-state index is 13.8. The molecule has 3 amide bonds. The molecule has 122 valence electrons. The monoisotopic (exact) mass is 326 g/mol. The number of aryl methyl sites for hydroxylation is 2. The number of fused-ring (bicyclic) bond motifs is 1. The average molecular weight is 326 g/mol. The summed E-state index contributed by atoms with van der Waals surface area (Å²) in [6.07, 6.45) is 0. The molecule has 0 aromatic heterocycles. The van der Waals surface area contributed by atoms with Crippen molar-refractivity contribution in [2.24, 2.45) is 0 Å². The summed E-state index contributed by atoms with van der Waals surface area (Å²) in [6.45, 7) is 3.32. The van der Waals surface area contributed by atoms with Gasteiger partial charge in [0, 0.05) is 5.69 Å². The van der Waals surface area contributed by atoms with Crippen LogP contribution in [0.1, 0.15) is 31.8 Å². The molecule has 1 N–H and O–H groups in total. The van der Waals surface area contributed by atoms with E-state index in [-0.39, 0.29) is 11.1 Å². The number of benzene rings is 2. The van der Waals surface area contributed by atoms with Gasteiger partial charge in [0.2, 0.25) is 5.91 Å². The largest absolute Gasteiger partial charge is 0.324 e. The Balaban J connectivity index is 1.77. The smallest absolute Gasteiger partial charge is 0.265 e. The first-order chi connectivity index (χ1) is 11.4. The van der Waals surface area contributed by atoms with Gasteiger partial charge in [0.25, 0.3) is 11.8 Å². The number of hydrogen-bond acceptors (Lipinski definition) is 3. The van der Waals surface area contributed by atoms with Crippen LogP contribution >= 0.6 is 0 Å². The van der Waals surface area contributed by atoms with Gasteiger partial charge >= 0.3 is 0 Å². The third kappa shape index (κ3) is 2.67. The molecular weight excluding hydrogens is 311 g/mol. The fraction of sp³-hybridized carbons (Fsp3) is 0.167. The maximum Gasteiger partial charge on any atom is 0.265 e. The Morgan fingerprint density at radius 2 is 1.88 bits per heavy atom. The second-order valence-electron chi connectivity index (χ2n) is 5.73. The third-order valence-electron chi connectivity index (χ3n) is 3.91. The summed E-state index contributed by atoms with van der Waals surface area (Å²) < 4.78 is 13.8. The fourth-order valence-corrected chi connectivity index (χ4v) is 2.72. The van der Waals surface area contributed by atoms with Crippen molar-refractivity contribution in [1.82, 2.24) is 4.90 Å². The average Bonchev–Trinajstić information content (AvgIpc) is 2.76. The number of nitrogens with one attached hydrogen (secondary N) is 1. The van der Waals surface area contributed by atoms with Crippen LogP contribution in [0.2, 0.25) is 0 Å². The van der Waals surface area contributed by atoms with E-state index < -0.39 is 30.1 Å². The SMILES string of the molecule is Cc1ccc(NC(=O)CN2C(=O)c3cccc(F)c3C2=O)c(C)c1. The van der Waals surface area contributed by atoms with Gasteiger partial charge in [-0.3, -0.25) is 19.3 Å². The third-order valence-corrected chi connectivity index (χ3v) is 3.91. The first kappa shape index (κ1) is 15.9. The van der Waals surface area contributed by atoms with Crippen LogP contribution < -0.4 is 5.32 Å². The number of rotatable bonds is 3. The highest BCUT2D eigenvalue weighted by atomic mass is 19.1. The van der Waals surface area contributed by atoms with Gasteiger partial charge in [-0.25, -0.2) is 4.39 Å². The molecule has 0 unspecified atom stereocenters. The molecule has 2 aromatic rings. The number of imide groups is 1. The van der Waals surface area contributed by atoms with Gasteiger partial charge in [-0.05, 0) is 37.6 Å². The molecule has 6 heteroatoms. The summed E-state index contributed by atoms with van der Waals surface area (Å²) in [4.78, 5) is 37.4. The predicted octanol–water partition coefficient (Wildman–Crippen LogP) is 2.68. The standard InChI is InChI=1S/C18H15FN2O3/c1-10-6-7-14(11(2)8-10)20-15(22)9-21-17(23)12-4-3-5-13(19)16(12)18(21)24/h3-8H,9H2,1-2H3,(H,20,22). The Bertz CT molecular complexity index is 877. The Morgan fingerprint density at radius 3 is 2.54 bits per heavy atom. The fourth-order valence-electron chi connectivity index (χ4n) is 2.72. The zero-order chi connectivity index (χ0) is 17.4. The lowest BCUT2D eigenvalue weighted by molar-refractivity contribution is -0.116. The summed E-state index contributed by atoms with van der Waals surface area (Å²) in [6, 6.07) is 9.36. The number of nitrogens with zero attached hydrogens (tertiary/aromatic N) is 1. The molecule has 0 saturated heterocycles. The Kier molecular flexibility index (Phi) is 3.89. The van der Waals surface area contributed by atoms with E-state index in [0.29, 0.717) is 5.69 Å². The van der Waals surface area contributed by atoms with E-state index >= 15 is 0 Å². The lowest BCUT2D eigenvalue weighted by Gasteiger charge is -2.14. The lowest BCUT2D eigenvalue weighted by Crippen LogP contribution is -2.37. The van der Waals surface area contributed by atoms with Crippen molar-refractivity contribution in [2.45, 2.75) is 13.8 Å². The number of carbonyl (C=O) groups is 3. The summed E-state index contributed by atoms with van der Waals surface area (Å²) in [7, 11) is 0. The Morgan fingerprint density at radius 1 is 1.12 bits per heavy atom. The molecule has 0 aliphatic carbocycles. The summed E-state index contributed by atoms with van der Waals surface area (Å²) in [5, 5.41) is 2.67. The second kappa shape index (κ2) is 5.88. The molecule has 0 spiro atoms. The molecule has 24 heavy (non-hydrogen) atoms. The first-order valence-corrected chi connectivity index (χ1v) is 7.40. The van der Waals surface area contributed by atoms with Crippen LogP contribution in [0.3, 0.4) is 0 Å². The number of anilines is 1. The van der Waals surface area contributed by atoms with Crippen LogP contribution in [0.25, 0.3) is 0 Å². The molecule has 0 saturated carbocycles. The lowest BCUT2D eigenvalue weighted by atomic mass is 10.1. The van der Waals surface area contributed by atoms with Crippen LogP contribution in [0, 0.1) is 19.7 Å². The molecule has 1 aliphatic heterocycles. The number of hydrogen-bond donors (Lipinski definition) is 1. The Labute approximate surface area is 138 Å². The molecule has 3 rings (SSSR count). The quantitative estimate of drug-likeness (QED) is 0.882. The zero-order valence-corrected chi connectivity index (χ0v) is 13.2. The highest BCUT2D eigenvalue weighted by Gasteiger charge is 2.38. The molecule has 2 aromatic carbocycles. The normalized spacial score (nSPS) is 13.2. The molecule has 1 aliphatic rings. The van der Waals surface area contributed by atoms with Crippen molar-refractivity contribution in [3.63, 3.8) is 0 Å². The van der Waals surface area contributed by atoms with Crippen molar-refractivity contribution < 1.29 is 18.8 Å². The Hall–Kier alpha value is -3.02. The van der Waals surface area contributed by atoms with Crippen LogP contribution in [-0.2, 0) is 4.79 Å². The van der Waals surface area contributed by atoms with Crippen molar-refractivity contribution in [3.05, 3.63) is 64.5 Å². The predicted molar refractivity (Wildman–Crippen MR) is 86.3 cm³/mol.